The van der Waals surface area contributed by atoms with E-state index in [1.165, 1.54) is 33.5 Å². The molecular formula is C21H18N4O5. The first-order chi connectivity index (χ1) is 14.4. The van der Waals surface area contributed by atoms with Crippen LogP contribution in [0.5, 0.6) is 17.2 Å². The highest BCUT2D eigenvalue weighted by atomic mass is 16.6. The monoisotopic (exact) mass is 406 g/mol. The second-order valence-electron chi connectivity index (χ2n) is 6.14. The third-order valence-corrected chi connectivity index (χ3v) is 4.52. The smallest absolute Gasteiger partial charge is 0.269 e. The number of nitriles is 1. The lowest BCUT2D eigenvalue weighted by molar-refractivity contribution is -0.384. The van der Waals surface area contributed by atoms with Crippen LogP contribution < -0.4 is 19.9 Å². The predicted octanol–water partition coefficient (Wildman–Crippen LogP) is 3.80. The minimum absolute atomic E-state index is 0.0169. The first-order valence-electron chi connectivity index (χ1n) is 8.69. The van der Waals surface area contributed by atoms with Crippen molar-refractivity contribution in [1.29, 1.82) is 5.26 Å². The molecule has 0 atom stereocenters. The summed E-state index contributed by atoms with van der Waals surface area (Å²) in [5.74, 6) is 1.37. The summed E-state index contributed by atoms with van der Waals surface area (Å²) < 4.78 is 16.3. The van der Waals surface area contributed by atoms with E-state index in [4.69, 9.17) is 19.9 Å². The van der Waals surface area contributed by atoms with E-state index in [2.05, 4.69) is 11.1 Å². The molecule has 0 radical (unpaired) electrons. The van der Waals surface area contributed by atoms with Crippen molar-refractivity contribution < 1.29 is 19.1 Å². The number of non-ortho nitro benzene ring substituents is 1. The Morgan fingerprint density at radius 3 is 2.10 bits per heavy atom. The van der Waals surface area contributed by atoms with E-state index in [1.807, 2.05) is 0 Å². The topological polar surface area (TPSA) is 134 Å². The van der Waals surface area contributed by atoms with Crippen LogP contribution in [0.25, 0.3) is 22.4 Å². The molecule has 0 aliphatic carbocycles. The molecule has 0 aliphatic rings. The van der Waals surface area contributed by atoms with Gasteiger partial charge in [0, 0.05) is 35.4 Å². The summed E-state index contributed by atoms with van der Waals surface area (Å²) in [4.78, 5) is 14.7. The van der Waals surface area contributed by atoms with Gasteiger partial charge in [0.05, 0.1) is 37.5 Å². The molecule has 1 heterocycles. The number of nitrogens with two attached hydrogens (primary N) is 1. The van der Waals surface area contributed by atoms with E-state index in [-0.39, 0.29) is 17.1 Å². The summed E-state index contributed by atoms with van der Waals surface area (Å²) in [5.41, 5.74) is 8.19. The van der Waals surface area contributed by atoms with Gasteiger partial charge in [-0.25, -0.2) is 4.98 Å². The Labute approximate surface area is 172 Å². The maximum absolute atomic E-state index is 10.9. The van der Waals surface area contributed by atoms with Crippen LogP contribution in [0.2, 0.25) is 0 Å². The molecular weight excluding hydrogens is 388 g/mol. The quantitative estimate of drug-likeness (QED) is 0.482. The molecule has 9 nitrogen and oxygen atoms in total. The molecule has 0 spiro atoms. The van der Waals surface area contributed by atoms with Crippen molar-refractivity contribution >= 4 is 11.5 Å². The van der Waals surface area contributed by atoms with Crippen molar-refractivity contribution in [1.82, 2.24) is 4.98 Å². The molecule has 152 valence electrons. The Morgan fingerprint density at radius 2 is 1.63 bits per heavy atom. The lowest BCUT2D eigenvalue weighted by atomic mass is 9.96. The highest BCUT2D eigenvalue weighted by Gasteiger charge is 2.22. The normalized spacial score (nSPS) is 10.2. The third-order valence-electron chi connectivity index (χ3n) is 4.52. The van der Waals surface area contributed by atoms with Crippen LogP contribution in [-0.4, -0.2) is 31.2 Å². The second-order valence-corrected chi connectivity index (χ2v) is 6.14. The van der Waals surface area contributed by atoms with Gasteiger partial charge in [-0.3, -0.25) is 10.1 Å². The molecule has 0 bridgehead atoms. The summed E-state index contributed by atoms with van der Waals surface area (Å²) in [6, 6.07) is 13.0. The van der Waals surface area contributed by atoms with Gasteiger partial charge in [0.15, 0.2) is 0 Å². The Bertz CT molecular complexity index is 1130. The van der Waals surface area contributed by atoms with Gasteiger partial charge in [-0.1, -0.05) is 0 Å². The second kappa shape index (κ2) is 8.36. The largest absolute Gasteiger partial charge is 0.496 e. The lowest BCUT2D eigenvalue weighted by Crippen LogP contribution is -2.02. The van der Waals surface area contributed by atoms with E-state index in [9.17, 15) is 15.4 Å². The summed E-state index contributed by atoms with van der Waals surface area (Å²) in [6.45, 7) is 0. The molecule has 3 aromatic rings. The van der Waals surface area contributed by atoms with Crippen molar-refractivity contribution in [2.24, 2.45) is 0 Å². The third kappa shape index (κ3) is 3.66. The lowest BCUT2D eigenvalue weighted by Gasteiger charge is -2.17. The molecule has 2 aromatic carbocycles. The van der Waals surface area contributed by atoms with Gasteiger partial charge in [-0.05, 0) is 18.2 Å². The molecule has 1 aromatic heterocycles. The number of aromatic nitrogens is 1. The highest BCUT2D eigenvalue weighted by Crippen LogP contribution is 2.44. The van der Waals surface area contributed by atoms with Gasteiger partial charge in [-0.15, -0.1) is 0 Å². The van der Waals surface area contributed by atoms with Gasteiger partial charge < -0.3 is 19.9 Å². The van der Waals surface area contributed by atoms with Gasteiger partial charge in [-0.2, -0.15) is 5.26 Å². The number of nitrogens with zero attached hydrogens (tertiary/aromatic N) is 3. The van der Waals surface area contributed by atoms with E-state index in [0.29, 0.717) is 39.6 Å². The molecule has 2 N–H and O–H groups in total. The van der Waals surface area contributed by atoms with Crippen LogP contribution in [0.3, 0.4) is 0 Å². The number of pyridine rings is 1. The number of hydrogen-bond donors (Lipinski definition) is 1. The minimum atomic E-state index is -0.483. The number of benzene rings is 2. The number of nitro benzene ring substituents is 1. The first kappa shape index (κ1) is 20.4. The molecule has 0 aliphatic heterocycles. The van der Waals surface area contributed by atoms with Crippen LogP contribution >= 0.6 is 0 Å². The molecule has 0 amide bonds. The zero-order chi connectivity index (χ0) is 21.8. The average Bonchev–Trinajstić information content (AvgIpc) is 2.77. The van der Waals surface area contributed by atoms with Crippen molar-refractivity contribution in [3.05, 3.63) is 58.1 Å². The highest BCUT2D eigenvalue weighted by molar-refractivity contribution is 5.87. The number of nitrogen functional groups attached to an aromatic ring is 1. The minimum Gasteiger partial charge on any atom is -0.496 e. The number of anilines is 1. The Kier molecular flexibility index (Phi) is 5.69. The van der Waals surface area contributed by atoms with Crippen molar-refractivity contribution in [3.8, 4) is 45.7 Å². The maximum atomic E-state index is 10.9. The molecule has 3 rings (SSSR count). The van der Waals surface area contributed by atoms with Crippen LogP contribution in [0.15, 0.2) is 42.5 Å². The number of methoxy groups -OCH3 is 3. The standard InChI is InChI=1S/C21H18N4O5/c1-28-14-8-18(29-2)20(19(9-14)30-3)15-10-17(24-21(23)16(15)11-22)12-4-6-13(7-5-12)25(26)27/h4-10H,1-3H3,(H2,23,24). The van der Waals surface area contributed by atoms with Gasteiger partial charge in [0.25, 0.3) is 5.69 Å². The Hall–Kier alpha value is -4.32. The summed E-state index contributed by atoms with van der Waals surface area (Å²) >= 11 is 0. The summed E-state index contributed by atoms with van der Waals surface area (Å²) in [7, 11) is 4.50. The number of hydrogen-bond acceptors (Lipinski definition) is 8. The fourth-order valence-corrected chi connectivity index (χ4v) is 3.05. The Balaban J connectivity index is 2.28. The van der Waals surface area contributed by atoms with Crippen molar-refractivity contribution in [2.45, 2.75) is 0 Å². The van der Waals surface area contributed by atoms with E-state index < -0.39 is 4.92 Å². The maximum Gasteiger partial charge on any atom is 0.269 e. The molecule has 0 unspecified atom stereocenters. The van der Waals surface area contributed by atoms with Crippen LogP contribution in [0.4, 0.5) is 11.5 Å². The van der Waals surface area contributed by atoms with Crippen LogP contribution in [0, 0.1) is 21.4 Å². The summed E-state index contributed by atoms with van der Waals surface area (Å²) in [5, 5.41) is 20.6. The molecule has 30 heavy (non-hydrogen) atoms. The summed E-state index contributed by atoms with van der Waals surface area (Å²) in [6.07, 6.45) is 0. The van der Waals surface area contributed by atoms with Crippen molar-refractivity contribution in [3.63, 3.8) is 0 Å². The van der Waals surface area contributed by atoms with Gasteiger partial charge in [0.1, 0.15) is 34.7 Å². The number of rotatable bonds is 6. The molecule has 0 saturated heterocycles. The molecule has 0 fully saturated rings. The zero-order valence-electron chi connectivity index (χ0n) is 16.5. The first-order valence-corrected chi connectivity index (χ1v) is 8.69. The molecule has 9 heteroatoms. The van der Waals surface area contributed by atoms with Gasteiger partial charge in [0.2, 0.25) is 0 Å². The van der Waals surface area contributed by atoms with Crippen molar-refractivity contribution in [2.75, 3.05) is 27.1 Å². The van der Waals surface area contributed by atoms with E-state index in [1.54, 1.807) is 30.3 Å². The number of ether oxygens (including phenoxy) is 3. The van der Waals surface area contributed by atoms with Crippen LogP contribution in [-0.2, 0) is 0 Å². The zero-order valence-corrected chi connectivity index (χ0v) is 16.5. The molecule has 0 saturated carbocycles. The predicted molar refractivity (Wildman–Crippen MR) is 111 cm³/mol. The number of nitro groups is 1. The Morgan fingerprint density at radius 1 is 1.03 bits per heavy atom. The SMILES string of the molecule is COc1cc(OC)c(-c2cc(-c3ccc([N+](=O)[O-])cc3)nc(N)c2C#N)c(OC)c1. The van der Waals surface area contributed by atoms with Crippen LogP contribution in [0.1, 0.15) is 5.56 Å². The fraction of sp³-hybridized carbons (Fsp3) is 0.143. The van der Waals surface area contributed by atoms with Gasteiger partial charge >= 0.3 is 0 Å². The average molecular weight is 406 g/mol. The van der Waals surface area contributed by atoms with E-state index >= 15 is 0 Å². The van der Waals surface area contributed by atoms with E-state index in [0.717, 1.165) is 0 Å². The fourth-order valence-electron chi connectivity index (χ4n) is 3.05.